The predicted molar refractivity (Wildman–Crippen MR) is 68.5 cm³/mol. The van der Waals surface area contributed by atoms with E-state index in [9.17, 15) is 10.1 Å². The van der Waals surface area contributed by atoms with Crippen molar-refractivity contribution in [3.8, 4) is 0 Å². The van der Waals surface area contributed by atoms with Gasteiger partial charge in [0.25, 0.3) is 5.69 Å². The first-order valence-corrected chi connectivity index (χ1v) is 6.43. The molecule has 16 heavy (non-hydrogen) atoms. The number of hydrogen-bond acceptors (Lipinski definition) is 3. The van der Waals surface area contributed by atoms with Crippen molar-refractivity contribution in [2.45, 2.75) is 30.4 Å². The SMILES string of the molecule is Cc1ccc([N+](=O)[O-])cc1SC(C)CCCl. The van der Waals surface area contributed by atoms with Crippen LogP contribution < -0.4 is 0 Å². The summed E-state index contributed by atoms with van der Waals surface area (Å²) in [6.07, 6.45) is 0.897. The van der Waals surface area contributed by atoms with Crippen molar-refractivity contribution in [3.63, 3.8) is 0 Å². The molecular weight excluding hydrogens is 246 g/mol. The van der Waals surface area contributed by atoms with Gasteiger partial charge in [-0.15, -0.1) is 23.4 Å². The maximum Gasteiger partial charge on any atom is 0.270 e. The van der Waals surface area contributed by atoms with Gasteiger partial charge in [-0.3, -0.25) is 10.1 Å². The van der Waals surface area contributed by atoms with Crippen molar-refractivity contribution in [3.05, 3.63) is 33.9 Å². The lowest BCUT2D eigenvalue weighted by atomic mass is 10.2. The molecule has 0 N–H and O–H groups in total. The maximum atomic E-state index is 10.7. The summed E-state index contributed by atoms with van der Waals surface area (Å²) in [4.78, 5) is 11.3. The second-order valence-corrected chi connectivity index (χ2v) is 5.47. The number of nitro groups is 1. The Hall–Kier alpha value is -0.740. The Labute approximate surface area is 104 Å². The molecule has 1 atom stereocenters. The summed E-state index contributed by atoms with van der Waals surface area (Å²) in [7, 11) is 0. The molecule has 0 saturated carbocycles. The zero-order valence-electron chi connectivity index (χ0n) is 9.27. The lowest BCUT2D eigenvalue weighted by molar-refractivity contribution is -0.385. The molecule has 0 spiro atoms. The van der Waals surface area contributed by atoms with Gasteiger partial charge < -0.3 is 0 Å². The fraction of sp³-hybridized carbons (Fsp3) is 0.455. The minimum atomic E-state index is -0.365. The van der Waals surface area contributed by atoms with Gasteiger partial charge in [0.05, 0.1) is 4.92 Å². The van der Waals surface area contributed by atoms with Crippen LogP contribution in [0.1, 0.15) is 18.9 Å². The minimum Gasteiger partial charge on any atom is -0.258 e. The molecule has 1 unspecified atom stereocenters. The van der Waals surface area contributed by atoms with Crippen LogP contribution in [0.25, 0.3) is 0 Å². The highest BCUT2D eigenvalue weighted by molar-refractivity contribution is 8.00. The van der Waals surface area contributed by atoms with E-state index in [1.165, 1.54) is 6.07 Å². The molecule has 0 saturated heterocycles. The van der Waals surface area contributed by atoms with Crippen molar-refractivity contribution in [2.75, 3.05) is 5.88 Å². The molecule has 1 aromatic carbocycles. The van der Waals surface area contributed by atoms with Gasteiger partial charge in [0.1, 0.15) is 0 Å². The number of halogens is 1. The third-order valence-corrected chi connectivity index (χ3v) is 3.78. The molecule has 0 fully saturated rings. The summed E-state index contributed by atoms with van der Waals surface area (Å²) in [5, 5.41) is 11.0. The summed E-state index contributed by atoms with van der Waals surface area (Å²) in [6.45, 7) is 4.03. The van der Waals surface area contributed by atoms with E-state index in [4.69, 9.17) is 11.6 Å². The van der Waals surface area contributed by atoms with Crippen LogP contribution in [-0.2, 0) is 0 Å². The number of non-ortho nitro benzene ring substituents is 1. The molecule has 1 aromatic rings. The van der Waals surface area contributed by atoms with Crippen LogP contribution in [-0.4, -0.2) is 16.1 Å². The Kier molecular flexibility index (Phi) is 5.09. The molecule has 0 aliphatic heterocycles. The summed E-state index contributed by atoms with van der Waals surface area (Å²) >= 11 is 7.30. The number of aryl methyl sites for hydroxylation is 1. The first-order chi connectivity index (χ1) is 7.54. The largest absolute Gasteiger partial charge is 0.270 e. The number of nitrogens with zero attached hydrogens (tertiary/aromatic N) is 1. The average Bonchev–Trinajstić information content (AvgIpc) is 2.21. The zero-order chi connectivity index (χ0) is 12.1. The summed E-state index contributed by atoms with van der Waals surface area (Å²) in [5.74, 6) is 0.613. The second kappa shape index (κ2) is 6.11. The van der Waals surface area contributed by atoms with Gasteiger partial charge >= 0.3 is 0 Å². The molecule has 0 aromatic heterocycles. The third kappa shape index (κ3) is 3.68. The van der Waals surface area contributed by atoms with Gasteiger partial charge in [-0.1, -0.05) is 13.0 Å². The van der Waals surface area contributed by atoms with Crippen LogP contribution in [0.15, 0.2) is 23.1 Å². The Morgan fingerprint density at radius 2 is 2.25 bits per heavy atom. The minimum absolute atomic E-state index is 0.145. The fourth-order valence-electron chi connectivity index (χ4n) is 1.26. The smallest absolute Gasteiger partial charge is 0.258 e. The number of thioether (sulfide) groups is 1. The van der Waals surface area contributed by atoms with Crippen molar-refractivity contribution in [1.29, 1.82) is 0 Å². The standard InChI is InChI=1S/C11H14ClNO2S/c1-8-3-4-10(13(14)15)7-11(8)16-9(2)5-6-12/h3-4,7,9H,5-6H2,1-2H3. The van der Waals surface area contributed by atoms with Gasteiger partial charge in [-0.2, -0.15) is 0 Å². The van der Waals surface area contributed by atoms with E-state index in [-0.39, 0.29) is 10.6 Å². The van der Waals surface area contributed by atoms with Gasteiger partial charge in [-0.05, 0) is 18.9 Å². The van der Waals surface area contributed by atoms with E-state index in [0.717, 1.165) is 16.9 Å². The van der Waals surface area contributed by atoms with Crippen molar-refractivity contribution < 1.29 is 4.92 Å². The Balaban J connectivity index is 2.85. The molecule has 0 aliphatic rings. The lowest BCUT2D eigenvalue weighted by Crippen LogP contribution is -1.98. The van der Waals surface area contributed by atoms with E-state index in [1.807, 2.05) is 6.92 Å². The van der Waals surface area contributed by atoms with Crippen LogP contribution >= 0.6 is 23.4 Å². The van der Waals surface area contributed by atoms with Crippen molar-refractivity contribution in [2.24, 2.45) is 0 Å². The topological polar surface area (TPSA) is 43.1 Å². The molecule has 0 heterocycles. The third-order valence-electron chi connectivity index (χ3n) is 2.23. The quantitative estimate of drug-likeness (QED) is 0.347. The zero-order valence-corrected chi connectivity index (χ0v) is 10.8. The molecule has 1 rings (SSSR count). The first-order valence-electron chi connectivity index (χ1n) is 5.02. The molecule has 88 valence electrons. The number of rotatable bonds is 5. The van der Waals surface area contributed by atoms with E-state index < -0.39 is 0 Å². The molecule has 5 heteroatoms. The van der Waals surface area contributed by atoms with Crippen LogP contribution in [0.4, 0.5) is 5.69 Å². The highest BCUT2D eigenvalue weighted by Gasteiger charge is 2.11. The molecule has 3 nitrogen and oxygen atoms in total. The highest BCUT2D eigenvalue weighted by atomic mass is 35.5. The van der Waals surface area contributed by atoms with Crippen LogP contribution in [0.2, 0.25) is 0 Å². The molecule has 0 aliphatic carbocycles. The molecule has 0 bridgehead atoms. The van der Waals surface area contributed by atoms with Gasteiger partial charge in [0.2, 0.25) is 0 Å². The number of alkyl halides is 1. The second-order valence-electron chi connectivity index (χ2n) is 3.61. The maximum absolute atomic E-state index is 10.7. The van der Waals surface area contributed by atoms with Crippen LogP contribution in [0.3, 0.4) is 0 Å². The normalized spacial score (nSPS) is 12.4. The highest BCUT2D eigenvalue weighted by Crippen LogP contribution is 2.31. The fourth-order valence-corrected chi connectivity index (χ4v) is 2.83. The summed E-state index contributed by atoms with van der Waals surface area (Å²) in [5.41, 5.74) is 1.21. The van der Waals surface area contributed by atoms with E-state index >= 15 is 0 Å². The summed E-state index contributed by atoms with van der Waals surface area (Å²) < 4.78 is 0. The van der Waals surface area contributed by atoms with E-state index in [2.05, 4.69) is 6.92 Å². The molecule has 0 radical (unpaired) electrons. The van der Waals surface area contributed by atoms with Crippen LogP contribution in [0.5, 0.6) is 0 Å². The lowest BCUT2D eigenvalue weighted by Gasteiger charge is -2.11. The van der Waals surface area contributed by atoms with Crippen molar-refractivity contribution >= 4 is 29.1 Å². The van der Waals surface area contributed by atoms with Crippen LogP contribution in [0, 0.1) is 17.0 Å². The first kappa shape index (κ1) is 13.3. The van der Waals surface area contributed by atoms with Gasteiger partial charge in [-0.25, -0.2) is 0 Å². The predicted octanol–water partition coefficient (Wildman–Crippen LogP) is 4.01. The van der Waals surface area contributed by atoms with Gasteiger partial charge in [0.15, 0.2) is 0 Å². The molecule has 0 amide bonds. The summed E-state index contributed by atoms with van der Waals surface area (Å²) in [6, 6.07) is 4.95. The Morgan fingerprint density at radius 1 is 1.56 bits per heavy atom. The average molecular weight is 260 g/mol. The van der Waals surface area contributed by atoms with E-state index in [1.54, 1.807) is 23.9 Å². The Morgan fingerprint density at radius 3 is 2.81 bits per heavy atom. The number of benzene rings is 1. The molecular formula is C11H14ClNO2S. The Bertz CT molecular complexity index is 384. The van der Waals surface area contributed by atoms with E-state index in [0.29, 0.717) is 11.1 Å². The van der Waals surface area contributed by atoms with Gasteiger partial charge in [0, 0.05) is 28.2 Å². The van der Waals surface area contributed by atoms with Crippen molar-refractivity contribution in [1.82, 2.24) is 0 Å². The number of nitro benzene ring substituents is 1. The monoisotopic (exact) mass is 259 g/mol. The number of hydrogen-bond donors (Lipinski definition) is 0.